The summed E-state index contributed by atoms with van der Waals surface area (Å²) in [7, 11) is 0. The van der Waals surface area contributed by atoms with Crippen LogP contribution < -0.4 is 0 Å². The standard InChI is InChI=1S/C10H16N2O/c1-4-9(5-2)12-7-11-6-10(12)8(3)13/h6-7,9H,4-5H2,1-3H3. The smallest absolute Gasteiger partial charge is 0.177 e. The number of imidazole rings is 1. The fourth-order valence-electron chi connectivity index (χ4n) is 1.55. The molecule has 0 amide bonds. The summed E-state index contributed by atoms with van der Waals surface area (Å²) in [5, 5.41) is 0. The highest BCUT2D eigenvalue weighted by atomic mass is 16.1. The monoisotopic (exact) mass is 180 g/mol. The topological polar surface area (TPSA) is 34.9 Å². The molecule has 1 aromatic rings. The van der Waals surface area contributed by atoms with Gasteiger partial charge in [0.15, 0.2) is 5.78 Å². The molecule has 3 nitrogen and oxygen atoms in total. The molecule has 0 aromatic carbocycles. The van der Waals surface area contributed by atoms with Crippen LogP contribution in [0.25, 0.3) is 0 Å². The first-order chi connectivity index (χ1) is 6.20. The third kappa shape index (κ3) is 1.97. The Morgan fingerprint density at radius 1 is 1.54 bits per heavy atom. The molecule has 0 fully saturated rings. The summed E-state index contributed by atoms with van der Waals surface area (Å²) in [6.45, 7) is 5.83. The molecule has 0 saturated carbocycles. The van der Waals surface area contributed by atoms with Crippen LogP contribution in [0, 0.1) is 0 Å². The Morgan fingerprint density at radius 2 is 2.15 bits per heavy atom. The zero-order valence-electron chi connectivity index (χ0n) is 8.45. The number of hydrogen-bond acceptors (Lipinski definition) is 2. The van der Waals surface area contributed by atoms with Crippen LogP contribution in [-0.2, 0) is 0 Å². The van der Waals surface area contributed by atoms with E-state index < -0.39 is 0 Å². The van der Waals surface area contributed by atoms with Crippen LogP contribution in [0.3, 0.4) is 0 Å². The lowest BCUT2D eigenvalue weighted by Crippen LogP contribution is -2.11. The molecule has 0 N–H and O–H groups in total. The van der Waals surface area contributed by atoms with E-state index in [9.17, 15) is 4.79 Å². The Labute approximate surface area is 78.8 Å². The van der Waals surface area contributed by atoms with Crippen molar-refractivity contribution >= 4 is 5.78 Å². The molecule has 0 aliphatic rings. The first-order valence-electron chi connectivity index (χ1n) is 4.73. The molecule has 0 unspecified atom stereocenters. The molecule has 72 valence electrons. The van der Waals surface area contributed by atoms with Crippen molar-refractivity contribution in [3.05, 3.63) is 18.2 Å². The third-order valence-electron chi connectivity index (χ3n) is 2.36. The fraction of sp³-hybridized carbons (Fsp3) is 0.600. The van der Waals surface area contributed by atoms with E-state index in [2.05, 4.69) is 18.8 Å². The predicted octanol–water partition coefficient (Wildman–Crippen LogP) is 2.45. The summed E-state index contributed by atoms with van der Waals surface area (Å²) in [4.78, 5) is 15.2. The van der Waals surface area contributed by atoms with Crippen LogP contribution in [0.1, 0.15) is 50.1 Å². The molecule has 0 aliphatic heterocycles. The van der Waals surface area contributed by atoms with Crippen LogP contribution in [-0.4, -0.2) is 15.3 Å². The van der Waals surface area contributed by atoms with Gasteiger partial charge in [0.1, 0.15) is 5.69 Å². The highest BCUT2D eigenvalue weighted by molar-refractivity contribution is 5.92. The summed E-state index contributed by atoms with van der Waals surface area (Å²) in [6, 6.07) is 0.404. The molecular formula is C10H16N2O. The van der Waals surface area contributed by atoms with Gasteiger partial charge in [-0.25, -0.2) is 4.98 Å². The molecule has 1 aromatic heterocycles. The zero-order valence-corrected chi connectivity index (χ0v) is 8.45. The molecular weight excluding hydrogens is 164 g/mol. The predicted molar refractivity (Wildman–Crippen MR) is 51.9 cm³/mol. The summed E-state index contributed by atoms with van der Waals surface area (Å²) in [5.74, 6) is 0.0874. The first-order valence-corrected chi connectivity index (χ1v) is 4.73. The van der Waals surface area contributed by atoms with E-state index in [1.165, 1.54) is 0 Å². The number of carbonyl (C=O) groups is 1. The maximum absolute atomic E-state index is 11.2. The van der Waals surface area contributed by atoms with E-state index in [-0.39, 0.29) is 5.78 Å². The van der Waals surface area contributed by atoms with Gasteiger partial charge in [-0.2, -0.15) is 0 Å². The Kier molecular flexibility index (Phi) is 3.23. The first kappa shape index (κ1) is 9.96. The molecule has 3 heteroatoms. The van der Waals surface area contributed by atoms with Crippen molar-refractivity contribution in [2.75, 3.05) is 0 Å². The van der Waals surface area contributed by atoms with Crippen LogP contribution in [0.2, 0.25) is 0 Å². The quantitative estimate of drug-likeness (QED) is 0.667. The fourth-order valence-corrected chi connectivity index (χ4v) is 1.55. The van der Waals surface area contributed by atoms with Crippen LogP contribution in [0.15, 0.2) is 12.5 Å². The lowest BCUT2D eigenvalue weighted by Gasteiger charge is -2.16. The van der Waals surface area contributed by atoms with Gasteiger partial charge in [-0.15, -0.1) is 0 Å². The molecule has 1 heterocycles. The van der Waals surface area contributed by atoms with E-state index in [0.29, 0.717) is 11.7 Å². The second-order valence-electron chi connectivity index (χ2n) is 3.21. The number of rotatable bonds is 4. The average molecular weight is 180 g/mol. The van der Waals surface area contributed by atoms with Crippen molar-refractivity contribution in [2.24, 2.45) is 0 Å². The van der Waals surface area contributed by atoms with E-state index in [4.69, 9.17) is 0 Å². The Hall–Kier alpha value is -1.12. The number of carbonyl (C=O) groups excluding carboxylic acids is 1. The number of Topliss-reactive ketones (excluding diaryl/α,β-unsaturated/α-hetero) is 1. The number of ketones is 1. The second kappa shape index (κ2) is 4.21. The minimum atomic E-state index is 0.0874. The van der Waals surface area contributed by atoms with Crippen molar-refractivity contribution in [3.63, 3.8) is 0 Å². The largest absolute Gasteiger partial charge is 0.325 e. The summed E-state index contributed by atoms with van der Waals surface area (Å²) < 4.78 is 1.97. The highest BCUT2D eigenvalue weighted by Crippen LogP contribution is 2.17. The average Bonchev–Trinajstić information content (AvgIpc) is 2.55. The van der Waals surface area contributed by atoms with Crippen molar-refractivity contribution in [2.45, 2.75) is 39.7 Å². The molecule has 0 atom stereocenters. The Morgan fingerprint density at radius 3 is 2.62 bits per heavy atom. The third-order valence-corrected chi connectivity index (χ3v) is 2.36. The van der Waals surface area contributed by atoms with Gasteiger partial charge < -0.3 is 4.57 Å². The zero-order chi connectivity index (χ0) is 9.84. The van der Waals surface area contributed by atoms with Gasteiger partial charge >= 0.3 is 0 Å². The van der Waals surface area contributed by atoms with Crippen LogP contribution in [0.4, 0.5) is 0 Å². The van der Waals surface area contributed by atoms with Gasteiger partial charge in [0, 0.05) is 13.0 Å². The van der Waals surface area contributed by atoms with Crippen LogP contribution >= 0.6 is 0 Å². The number of nitrogens with zero attached hydrogens (tertiary/aromatic N) is 2. The van der Waals surface area contributed by atoms with Crippen LogP contribution in [0.5, 0.6) is 0 Å². The van der Waals surface area contributed by atoms with Gasteiger partial charge in [-0.3, -0.25) is 4.79 Å². The van der Waals surface area contributed by atoms with E-state index >= 15 is 0 Å². The molecule has 0 saturated heterocycles. The number of aromatic nitrogens is 2. The van der Waals surface area contributed by atoms with Gasteiger partial charge in [0.2, 0.25) is 0 Å². The molecule has 0 spiro atoms. The van der Waals surface area contributed by atoms with Crippen molar-refractivity contribution < 1.29 is 4.79 Å². The normalized spacial score (nSPS) is 10.8. The number of hydrogen-bond donors (Lipinski definition) is 0. The Balaban J connectivity index is 2.98. The maximum atomic E-state index is 11.2. The maximum Gasteiger partial charge on any atom is 0.177 e. The van der Waals surface area contributed by atoms with Crippen molar-refractivity contribution in [3.8, 4) is 0 Å². The summed E-state index contributed by atoms with van der Waals surface area (Å²) >= 11 is 0. The van der Waals surface area contributed by atoms with Crippen molar-refractivity contribution in [1.29, 1.82) is 0 Å². The molecule has 1 rings (SSSR count). The Bertz CT molecular complexity index is 287. The van der Waals surface area contributed by atoms with Crippen molar-refractivity contribution in [1.82, 2.24) is 9.55 Å². The lowest BCUT2D eigenvalue weighted by atomic mass is 10.1. The molecule has 0 bridgehead atoms. The van der Waals surface area contributed by atoms with Gasteiger partial charge in [0.25, 0.3) is 0 Å². The minimum Gasteiger partial charge on any atom is -0.325 e. The van der Waals surface area contributed by atoms with E-state index in [1.807, 2.05) is 4.57 Å². The lowest BCUT2D eigenvalue weighted by molar-refractivity contribution is 0.100. The minimum absolute atomic E-state index is 0.0874. The molecule has 13 heavy (non-hydrogen) atoms. The highest BCUT2D eigenvalue weighted by Gasteiger charge is 2.12. The van der Waals surface area contributed by atoms with Gasteiger partial charge in [0.05, 0.1) is 12.5 Å². The van der Waals surface area contributed by atoms with E-state index in [1.54, 1.807) is 19.4 Å². The molecule has 0 radical (unpaired) electrons. The van der Waals surface area contributed by atoms with Gasteiger partial charge in [-0.1, -0.05) is 13.8 Å². The van der Waals surface area contributed by atoms with E-state index in [0.717, 1.165) is 12.8 Å². The summed E-state index contributed by atoms with van der Waals surface area (Å²) in [6.07, 6.45) is 5.45. The molecule has 0 aliphatic carbocycles. The second-order valence-corrected chi connectivity index (χ2v) is 3.21. The summed E-state index contributed by atoms with van der Waals surface area (Å²) in [5.41, 5.74) is 0.716. The van der Waals surface area contributed by atoms with Gasteiger partial charge in [-0.05, 0) is 12.8 Å². The SMILES string of the molecule is CCC(CC)n1cncc1C(C)=O.